The summed E-state index contributed by atoms with van der Waals surface area (Å²) in [5.41, 5.74) is 2.37. The molecule has 18 heavy (non-hydrogen) atoms. The van der Waals surface area contributed by atoms with Crippen LogP contribution in [0.2, 0.25) is 0 Å². The molecule has 0 aliphatic carbocycles. The fourth-order valence-electron chi connectivity index (χ4n) is 1.46. The molecule has 0 bridgehead atoms. The summed E-state index contributed by atoms with van der Waals surface area (Å²) in [6, 6.07) is 8.50. The average Bonchev–Trinajstić information content (AvgIpc) is 2.38. The third kappa shape index (κ3) is 3.69. The third-order valence-corrected chi connectivity index (χ3v) is 2.36. The summed E-state index contributed by atoms with van der Waals surface area (Å²) in [6.07, 6.45) is 0.312. The van der Waals surface area contributed by atoms with Crippen molar-refractivity contribution in [2.75, 3.05) is 0 Å². The van der Waals surface area contributed by atoms with Crippen molar-refractivity contribution in [1.29, 1.82) is 0 Å². The molecule has 1 aromatic carbocycles. The molecule has 96 valence electrons. The number of hydrogen-bond donors (Lipinski definition) is 1. The van der Waals surface area contributed by atoms with Crippen LogP contribution in [-0.2, 0) is 14.4 Å². The lowest BCUT2D eigenvalue weighted by molar-refractivity contribution is -0.160. The van der Waals surface area contributed by atoms with Crippen LogP contribution in [0.4, 0.5) is 0 Å². The van der Waals surface area contributed by atoms with E-state index in [1.54, 1.807) is 37.3 Å². The Bertz CT molecular complexity index is 442. The average molecular weight is 249 g/mol. The van der Waals surface area contributed by atoms with Crippen LogP contribution in [0.25, 0.3) is 0 Å². The van der Waals surface area contributed by atoms with Crippen LogP contribution in [0.1, 0.15) is 30.6 Å². The molecule has 0 saturated heterocycles. The van der Waals surface area contributed by atoms with E-state index in [-0.39, 0.29) is 5.78 Å². The molecule has 1 N–H and O–H groups in total. The summed E-state index contributed by atoms with van der Waals surface area (Å²) >= 11 is 0. The smallest absolute Gasteiger partial charge is 0.340 e. The topological polar surface area (TPSA) is 72.5 Å². The van der Waals surface area contributed by atoms with Crippen molar-refractivity contribution in [2.45, 2.75) is 20.3 Å². The number of Topliss-reactive ketones (excluding diaryl/α,β-unsaturated/α-hetero) is 1. The fraction of sp³-hybridized carbons (Fsp3) is 0.308. The molecule has 1 amide bonds. The minimum atomic E-state index is -0.903. The van der Waals surface area contributed by atoms with Gasteiger partial charge < -0.3 is 4.84 Å². The lowest BCUT2D eigenvalue weighted by Crippen LogP contribution is -2.32. The third-order valence-electron chi connectivity index (χ3n) is 2.36. The summed E-state index contributed by atoms with van der Waals surface area (Å²) in [6.45, 7) is 2.92. The SMILES string of the molecule is CCC(C(=O)ONC(C)=O)C(=O)c1ccccc1. The number of benzene rings is 1. The van der Waals surface area contributed by atoms with Crippen LogP contribution in [-0.4, -0.2) is 17.7 Å². The van der Waals surface area contributed by atoms with Gasteiger partial charge in [0.2, 0.25) is 5.91 Å². The van der Waals surface area contributed by atoms with E-state index in [0.717, 1.165) is 0 Å². The van der Waals surface area contributed by atoms with Crippen molar-refractivity contribution < 1.29 is 19.2 Å². The summed E-state index contributed by atoms with van der Waals surface area (Å²) < 4.78 is 0. The van der Waals surface area contributed by atoms with Crippen LogP contribution >= 0.6 is 0 Å². The predicted molar refractivity (Wildman–Crippen MR) is 64.5 cm³/mol. The molecule has 0 aliphatic heterocycles. The van der Waals surface area contributed by atoms with Crippen molar-refractivity contribution in [3.8, 4) is 0 Å². The summed E-state index contributed by atoms with van der Waals surface area (Å²) in [5.74, 6) is -2.46. The second-order valence-corrected chi connectivity index (χ2v) is 3.77. The molecule has 0 heterocycles. The minimum Gasteiger partial charge on any atom is -0.340 e. The van der Waals surface area contributed by atoms with Gasteiger partial charge in [-0.05, 0) is 6.42 Å². The Morgan fingerprint density at radius 1 is 1.22 bits per heavy atom. The number of hydroxylamine groups is 1. The van der Waals surface area contributed by atoms with Crippen LogP contribution in [0.5, 0.6) is 0 Å². The molecule has 0 spiro atoms. The monoisotopic (exact) mass is 249 g/mol. The molecule has 0 radical (unpaired) electrons. The Balaban J connectivity index is 2.74. The number of carbonyl (C=O) groups is 3. The van der Waals surface area contributed by atoms with Crippen molar-refractivity contribution in [1.82, 2.24) is 5.48 Å². The highest BCUT2D eigenvalue weighted by atomic mass is 16.7. The number of hydrogen-bond acceptors (Lipinski definition) is 4. The number of rotatable bonds is 4. The number of nitrogens with one attached hydrogen (secondary N) is 1. The van der Waals surface area contributed by atoms with E-state index in [9.17, 15) is 14.4 Å². The zero-order chi connectivity index (χ0) is 13.5. The van der Waals surface area contributed by atoms with Crippen LogP contribution < -0.4 is 5.48 Å². The highest BCUT2D eigenvalue weighted by molar-refractivity contribution is 6.08. The number of ketones is 1. The lowest BCUT2D eigenvalue weighted by atomic mass is 9.95. The van der Waals surface area contributed by atoms with Gasteiger partial charge in [-0.2, -0.15) is 5.48 Å². The van der Waals surface area contributed by atoms with Gasteiger partial charge in [0, 0.05) is 12.5 Å². The first-order chi connectivity index (χ1) is 8.56. The van der Waals surface area contributed by atoms with Gasteiger partial charge in [0.15, 0.2) is 5.78 Å². The van der Waals surface area contributed by atoms with Crippen molar-refractivity contribution in [2.24, 2.45) is 5.92 Å². The van der Waals surface area contributed by atoms with Gasteiger partial charge in [-0.25, -0.2) is 4.79 Å². The first kappa shape index (κ1) is 13.9. The molecule has 0 fully saturated rings. The second-order valence-electron chi connectivity index (χ2n) is 3.77. The first-order valence-corrected chi connectivity index (χ1v) is 5.62. The molecule has 5 heteroatoms. The highest BCUT2D eigenvalue weighted by Crippen LogP contribution is 2.13. The Morgan fingerprint density at radius 3 is 2.33 bits per heavy atom. The van der Waals surface area contributed by atoms with Gasteiger partial charge in [-0.15, -0.1) is 0 Å². The standard InChI is InChI=1S/C13H15NO4/c1-3-11(13(17)18-14-9(2)15)12(16)10-7-5-4-6-8-10/h4-8,11H,3H2,1-2H3,(H,14,15). The fourth-order valence-corrected chi connectivity index (χ4v) is 1.46. The normalized spacial score (nSPS) is 11.4. The van der Waals surface area contributed by atoms with E-state index in [1.165, 1.54) is 6.92 Å². The van der Waals surface area contributed by atoms with Gasteiger partial charge >= 0.3 is 5.97 Å². The zero-order valence-electron chi connectivity index (χ0n) is 10.3. The van der Waals surface area contributed by atoms with E-state index in [2.05, 4.69) is 4.84 Å². The Kier molecular flexibility index (Phi) is 5.05. The molecule has 1 aromatic rings. The van der Waals surface area contributed by atoms with Gasteiger partial charge in [0.05, 0.1) is 0 Å². The van der Waals surface area contributed by atoms with Crippen molar-refractivity contribution in [3.63, 3.8) is 0 Å². The van der Waals surface area contributed by atoms with Gasteiger partial charge in [0.25, 0.3) is 0 Å². The van der Waals surface area contributed by atoms with E-state index >= 15 is 0 Å². The van der Waals surface area contributed by atoms with E-state index < -0.39 is 17.8 Å². The van der Waals surface area contributed by atoms with Gasteiger partial charge in [-0.1, -0.05) is 37.3 Å². The zero-order valence-corrected chi connectivity index (χ0v) is 10.3. The second kappa shape index (κ2) is 6.54. The molecule has 5 nitrogen and oxygen atoms in total. The molecular formula is C13H15NO4. The maximum absolute atomic E-state index is 12.0. The van der Waals surface area contributed by atoms with Crippen LogP contribution in [0, 0.1) is 5.92 Å². The Hall–Kier alpha value is -2.17. The minimum absolute atomic E-state index is 0.312. The van der Waals surface area contributed by atoms with Gasteiger partial charge in [-0.3, -0.25) is 9.59 Å². The maximum Gasteiger partial charge on any atom is 0.343 e. The molecule has 0 aliphatic rings. The highest BCUT2D eigenvalue weighted by Gasteiger charge is 2.27. The lowest BCUT2D eigenvalue weighted by Gasteiger charge is -2.12. The number of carbonyl (C=O) groups excluding carboxylic acids is 3. The summed E-state index contributed by atoms with van der Waals surface area (Å²) in [7, 11) is 0. The van der Waals surface area contributed by atoms with Gasteiger partial charge in [0.1, 0.15) is 5.92 Å². The van der Waals surface area contributed by atoms with Crippen molar-refractivity contribution in [3.05, 3.63) is 35.9 Å². The largest absolute Gasteiger partial charge is 0.343 e. The first-order valence-electron chi connectivity index (χ1n) is 5.62. The summed E-state index contributed by atoms with van der Waals surface area (Å²) in [4.78, 5) is 38.8. The van der Waals surface area contributed by atoms with E-state index in [0.29, 0.717) is 12.0 Å². The Morgan fingerprint density at radius 2 is 1.83 bits per heavy atom. The molecule has 1 unspecified atom stereocenters. The van der Waals surface area contributed by atoms with Crippen molar-refractivity contribution >= 4 is 17.7 Å². The predicted octanol–water partition coefficient (Wildman–Crippen LogP) is 1.49. The van der Waals surface area contributed by atoms with E-state index in [4.69, 9.17) is 0 Å². The van der Waals surface area contributed by atoms with Crippen LogP contribution in [0.15, 0.2) is 30.3 Å². The molecule has 1 atom stereocenters. The quantitative estimate of drug-likeness (QED) is 0.498. The molecular weight excluding hydrogens is 234 g/mol. The van der Waals surface area contributed by atoms with Crippen LogP contribution in [0.3, 0.4) is 0 Å². The molecule has 0 saturated carbocycles. The van der Waals surface area contributed by atoms with E-state index in [1.807, 2.05) is 5.48 Å². The maximum atomic E-state index is 12.0. The Labute approximate surface area is 105 Å². The summed E-state index contributed by atoms with van der Waals surface area (Å²) in [5, 5.41) is 0. The molecule has 1 rings (SSSR count). The molecule has 0 aromatic heterocycles. The number of amides is 1.